The highest BCUT2D eigenvalue weighted by Gasteiger charge is 2.30. The molecule has 0 aromatic heterocycles. The van der Waals surface area contributed by atoms with Crippen LogP contribution in [0, 0.1) is 0 Å². The van der Waals surface area contributed by atoms with E-state index >= 15 is 0 Å². The first-order valence-electron chi connectivity index (χ1n) is 9.88. The summed E-state index contributed by atoms with van der Waals surface area (Å²) in [6.07, 6.45) is -0.289. The van der Waals surface area contributed by atoms with E-state index in [1.807, 2.05) is 6.92 Å². The number of aryl methyl sites for hydroxylation is 1. The third-order valence-corrected chi connectivity index (χ3v) is 6.44. The highest BCUT2D eigenvalue weighted by Crippen LogP contribution is 2.23. The highest BCUT2D eigenvalue weighted by molar-refractivity contribution is 7.89. The summed E-state index contributed by atoms with van der Waals surface area (Å²) in [6.45, 7) is 1.85. The van der Waals surface area contributed by atoms with Gasteiger partial charge in [-0.15, -0.1) is 0 Å². The fourth-order valence-electron chi connectivity index (χ4n) is 3.36. The van der Waals surface area contributed by atoms with Crippen LogP contribution >= 0.6 is 0 Å². The molecular formula is C23H22N2O6S. The second-order valence-corrected chi connectivity index (χ2v) is 8.76. The number of amides is 2. The largest absolute Gasteiger partial charge is 0.481 e. The second-order valence-electron chi connectivity index (χ2n) is 7.08. The predicted octanol–water partition coefficient (Wildman–Crippen LogP) is 2.48. The molecule has 1 atom stereocenters. The number of imide groups is 1. The summed E-state index contributed by atoms with van der Waals surface area (Å²) < 4.78 is 28.2. The molecule has 166 valence electrons. The van der Waals surface area contributed by atoms with Crippen molar-refractivity contribution in [2.75, 3.05) is 0 Å². The first-order valence-corrected chi connectivity index (χ1v) is 11.4. The van der Waals surface area contributed by atoms with Gasteiger partial charge in [-0.2, -0.15) is 4.72 Å². The zero-order valence-corrected chi connectivity index (χ0v) is 18.1. The Hall–Kier alpha value is -3.56. The van der Waals surface area contributed by atoms with E-state index in [-0.39, 0.29) is 10.5 Å². The Morgan fingerprint density at radius 2 is 1.59 bits per heavy atom. The molecule has 0 unspecified atom stereocenters. The third kappa shape index (κ3) is 5.19. The average Bonchev–Trinajstić information content (AvgIpc) is 2.77. The van der Waals surface area contributed by atoms with Crippen LogP contribution in [0.2, 0.25) is 0 Å². The van der Waals surface area contributed by atoms with Crippen molar-refractivity contribution in [3.05, 3.63) is 77.9 Å². The fourth-order valence-corrected chi connectivity index (χ4v) is 4.78. The number of hydrogen-bond donors (Lipinski definition) is 3. The van der Waals surface area contributed by atoms with Gasteiger partial charge in [0.1, 0.15) is 6.04 Å². The first kappa shape index (κ1) is 23.1. The van der Waals surface area contributed by atoms with Crippen molar-refractivity contribution in [1.82, 2.24) is 10.0 Å². The average molecular weight is 455 g/mol. The smallest absolute Gasteiger partial charge is 0.305 e. The molecule has 0 aliphatic carbocycles. The van der Waals surface area contributed by atoms with Crippen LogP contribution in [-0.2, 0) is 26.0 Å². The molecule has 8 nitrogen and oxygen atoms in total. The van der Waals surface area contributed by atoms with E-state index in [1.54, 1.807) is 54.6 Å². The van der Waals surface area contributed by atoms with Crippen LogP contribution in [0.1, 0.15) is 29.3 Å². The van der Waals surface area contributed by atoms with E-state index in [9.17, 15) is 27.9 Å². The lowest BCUT2D eigenvalue weighted by Gasteiger charge is -2.18. The van der Waals surface area contributed by atoms with Crippen molar-refractivity contribution < 1.29 is 27.9 Å². The second kappa shape index (κ2) is 9.71. The Morgan fingerprint density at radius 1 is 0.938 bits per heavy atom. The molecular weight excluding hydrogens is 432 g/mol. The first-order chi connectivity index (χ1) is 15.2. The summed E-state index contributed by atoms with van der Waals surface area (Å²) in [5.41, 5.74) is 0.957. The molecule has 0 saturated carbocycles. The number of nitrogens with one attached hydrogen (secondary N) is 2. The van der Waals surface area contributed by atoms with E-state index in [4.69, 9.17) is 0 Å². The molecule has 0 heterocycles. The quantitative estimate of drug-likeness (QED) is 0.479. The monoisotopic (exact) mass is 454 g/mol. The standard InChI is InChI=1S/C23H22N2O6S/c1-2-15-8-3-6-12-18(15)22(28)24-23(29)19(14-21(26)27)25-32(30,31)20-13-7-10-16-9-4-5-11-17(16)20/h3-13,19,25H,2,14H2,1H3,(H,26,27)(H,24,28,29)/t19-/m0/s1. The Balaban J connectivity index is 1.88. The van der Waals surface area contributed by atoms with Crippen LogP contribution < -0.4 is 10.0 Å². The Morgan fingerprint density at radius 3 is 2.31 bits per heavy atom. The zero-order valence-electron chi connectivity index (χ0n) is 17.2. The maximum atomic E-state index is 13.0. The molecule has 0 spiro atoms. The van der Waals surface area contributed by atoms with Crippen molar-refractivity contribution in [1.29, 1.82) is 0 Å². The minimum atomic E-state index is -4.28. The van der Waals surface area contributed by atoms with Gasteiger partial charge in [0.25, 0.3) is 5.91 Å². The van der Waals surface area contributed by atoms with Crippen molar-refractivity contribution in [2.45, 2.75) is 30.7 Å². The molecule has 0 fully saturated rings. The van der Waals surface area contributed by atoms with Crippen LogP contribution in [0.3, 0.4) is 0 Å². The number of carbonyl (C=O) groups excluding carboxylic acids is 2. The van der Waals surface area contributed by atoms with E-state index in [0.717, 1.165) is 0 Å². The normalized spacial score (nSPS) is 12.3. The molecule has 2 amide bonds. The van der Waals surface area contributed by atoms with E-state index in [0.29, 0.717) is 22.8 Å². The van der Waals surface area contributed by atoms with Crippen molar-refractivity contribution in [3.63, 3.8) is 0 Å². The topological polar surface area (TPSA) is 130 Å². The van der Waals surface area contributed by atoms with Gasteiger partial charge in [0.15, 0.2) is 0 Å². The van der Waals surface area contributed by atoms with E-state index < -0.39 is 40.3 Å². The number of carbonyl (C=O) groups is 3. The van der Waals surface area contributed by atoms with Crippen molar-refractivity contribution >= 4 is 38.6 Å². The number of carboxylic acids is 1. The summed E-state index contributed by atoms with van der Waals surface area (Å²) in [4.78, 5) is 36.5. The highest BCUT2D eigenvalue weighted by atomic mass is 32.2. The number of rotatable bonds is 8. The van der Waals surface area contributed by atoms with Gasteiger partial charge >= 0.3 is 5.97 Å². The molecule has 3 aromatic carbocycles. The molecule has 9 heteroatoms. The molecule has 0 aliphatic heterocycles. The Bertz CT molecular complexity index is 1280. The van der Waals surface area contributed by atoms with Gasteiger partial charge in [-0.3, -0.25) is 19.7 Å². The van der Waals surface area contributed by atoms with Gasteiger partial charge in [0.2, 0.25) is 15.9 Å². The van der Waals surface area contributed by atoms with E-state index in [1.165, 1.54) is 12.1 Å². The maximum Gasteiger partial charge on any atom is 0.305 e. The molecule has 3 N–H and O–H groups in total. The number of hydrogen-bond acceptors (Lipinski definition) is 5. The van der Waals surface area contributed by atoms with Gasteiger partial charge in [0.05, 0.1) is 11.3 Å². The molecule has 32 heavy (non-hydrogen) atoms. The predicted molar refractivity (Wildman–Crippen MR) is 119 cm³/mol. The lowest BCUT2D eigenvalue weighted by Crippen LogP contribution is -2.49. The molecule has 0 saturated heterocycles. The molecule has 3 rings (SSSR count). The maximum absolute atomic E-state index is 13.0. The van der Waals surface area contributed by atoms with Gasteiger partial charge in [-0.1, -0.05) is 61.5 Å². The number of aliphatic carboxylic acids is 1. The molecule has 0 aliphatic rings. The van der Waals surface area contributed by atoms with Crippen LogP contribution in [0.4, 0.5) is 0 Å². The van der Waals surface area contributed by atoms with E-state index in [2.05, 4.69) is 10.0 Å². The van der Waals surface area contributed by atoms with Gasteiger partial charge in [0, 0.05) is 10.9 Å². The van der Waals surface area contributed by atoms with Crippen LogP contribution in [-0.4, -0.2) is 37.3 Å². The summed E-state index contributed by atoms with van der Waals surface area (Å²) >= 11 is 0. The summed E-state index contributed by atoms with van der Waals surface area (Å²) in [7, 11) is -4.28. The molecule has 0 bridgehead atoms. The lowest BCUT2D eigenvalue weighted by atomic mass is 10.0. The van der Waals surface area contributed by atoms with Crippen LogP contribution in [0.5, 0.6) is 0 Å². The SMILES string of the molecule is CCc1ccccc1C(=O)NC(=O)[C@H](CC(=O)O)NS(=O)(=O)c1cccc2ccccc12. The number of carboxylic acid groups (broad SMARTS) is 1. The van der Waals surface area contributed by atoms with Gasteiger partial charge in [-0.25, -0.2) is 8.42 Å². The minimum Gasteiger partial charge on any atom is -0.481 e. The van der Waals surface area contributed by atoms with Crippen molar-refractivity contribution in [2.24, 2.45) is 0 Å². The zero-order chi connectivity index (χ0) is 23.3. The number of sulfonamides is 1. The van der Waals surface area contributed by atoms with Gasteiger partial charge in [-0.05, 0) is 29.5 Å². The minimum absolute atomic E-state index is 0.0959. The summed E-state index contributed by atoms with van der Waals surface area (Å²) in [5.74, 6) is -3.17. The lowest BCUT2D eigenvalue weighted by molar-refractivity contribution is -0.139. The fraction of sp³-hybridized carbons (Fsp3) is 0.174. The summed E-state index contributed by atoms with van der Waals surface area (Å²) in [5, 5.41) is 12.4. The number of benzene rings is 3. The third-order valence-electron chi connectivity index (χ3n) is 4.91. The molecule has 3 aromatic rings. The van der Waals surface area contributed by atoms with Gasteiger partial charge < -0.3 is 5.11 Å². The Labute approximate surface area is 185 Å². The summed E-state index contributed by atoms with van der Waals surface area (Å²) in [6, 6.07) is 16.4. The van der Waals surface area contributed by atoms with Crippen LogP contribution in [0.15, 0.2) is 71.6 Å². The molecule has 0 radical (unpaired) electrons. The van der Waals surface area contributed by atoms with Crippen molar-refractivity contribution in [3.8, 4) is 0 Å². The number of fused-ring (bicyclic) bond motifs is 1. The van der Waals surface area contributed by atoms with Crippen LogP contribution in [0.25, 0.3) is 10.8 Å². The Kier molecular flexibility index (Phi) is 7.01.